The van der Waals surface area contributed by atoms with Crippen molar-refractivity contribution < 1.29 is 17.2 Å². The first-order valence-corrected chi connectivity index (χ1v) is 8.75. The molecule has 3 rings (SSSR count). The second-order valence-electron chi connectivity index (χ2n) is 5.05. The molecule has 8 heteroatoms. The van der Waals surface area contributed by atoms with E-state index in [0.717, 1.165) is 18.4 Å². The minimum atomic E-state index is -3.57. The van der Waals surface area contributed by atoms with Gasteiger partial charge in [0.2, 0.25) is 10.0 Å². The third-order valence-corrected chi connectivity index (χ3v) is 4.05. The molecule has 0 aliphatic heterocycles. The first kappa shape index (κ1) is 15.8. The fourth-order valence-corrected chi connectivity index (χ4v) is 3.09. The van der Waals surface area contributed by atoms with Crippen molar-refractivity contribution >= 4 is 38.2 Å². The van der Waals surface area contributed by atoms with Crippen molar-refractivity contribution in [1.82, 2.24) is 4.57 Å². The Morgan fingerprint density at radius 3 is 2.48 bits per heavy atom. The lowest BCUT2D eigenvalue weighted by Gasteiger charge is -2.05. The van der Waals surface area contributed by atoms with Gasteiger partial charge in [-0.05, 0) is 24.3 Å². The molecule has 2 aromatic carbocycles. The van der Waals surface area contributed by atoms with Crippen molar-refractivity contribution in [2.45, 2.75) is 0 Å². The molecule has 0 spiro atoms. The maximum atomic E-state index is 13.6. The smallest absolute Gasteiger partial charge is 0.229 e. The van der Waals surface area contributed by atoms with Crippen molar-refractivity contribution in [2.24, 2.45) is 0 Å². The van der Waals surface area contributed by atoms with Crippen molar-refractivity contribution in [1.29, 1.82) is 0 Å². The molecule has 0 aliphatic carbocycles. The number of benzene rings is 2. The maximum Gasteiger partial charge on any atom is 0.229 e. The van der Waals surface area contributed by atoms with Gasteiger partial charge in [-0.25, -0.2) is 17.2 Å². The van der Waals surface area contributed by atoms with E-state index in [2.05, 4.69) is 4.72 Å². The topological polar surface area (TPSA) is 51.1 Å². The van der Waals surface area contributed by atoms with Gasteiger partial charge in [-0.2, -0.15) is 0 Å². The number of rotatable bonds is 3. The lowest BCUT2D eigenvalue weighted by molar-refractivity contribution is 0.510. The molecule has 120 valence electrons. The Balaban J connectivity index is 2.32. The Hall–Kier alpha value is -2.12. The van der Waals surface area contributed by atoms with Gasteiger partial charge in [-0.15, -0.1) is 0 Å². The molecule has 0 fully saturated rings. The quantitative estimate of drug-likeness (QED) is 0.773. The van der Waals surface area contributed by atoms with Crippen molar-refractivity contribution in [3.8, 4) is 5.69 Å². The van der Waals surface area contributed by atoms with Crippen LogP contribution in [0.2, 0.25) is 5.02 Å². The van der Waals surface area contributed by atoms with Gasteiger partial charge in [0.25, 0.3) is 0 Å². The van der Waals surface area contributed by atoms with Crippen LogP contribution in [0.25, 0.3) is 16.6 Å². The standard InChI is InChI=1S/C15H11ClF2N2O2S/c1-23(21,22)19-14-8-20(10-4-2-3-9(16)5-10)15-7-13(18)12(17)6-11(14)15/h2-8,19H,1H3. The van der Waals surface area contributed by atoms with Crippen LogP contribution in [0.1, 0.15) is 0 Å². The second kappa shape index (κ2) is 5.50. The summed E-state index contributed by atoms with van der Waals surface area (Å²) in [4.78, 5) is 0. The van der Waals surface area contributed by atoms with E-state index in [1.807, 2.05) is 0 Å². The van der Waals surface area contributed by atoms with E-state index in [-0.39, 0.29) is 11.1 Å². The van der Waals surface area contributed by atoms with Crippen molar-refractivity contribution in [2.75, 3.05) is 11.0 Å². The van der Waals surface area contributed by atoms with Crippen LogP contribution in [0.5, 0.6) is 0 Å². The molecule has 0 amide bonds. The summed E-state index contributed by atoms with van der Waals surface area (Å²) in [6, 6.07) is 8.70. The highest BCUT2D eigenvalue weighted by Gasteiger charge is 2.16. The fourth-order valence-electron chi connectivity index (χ4n) is 2.34. The summed E-state index contributed by atoms with van der Waals surface area (Å²) in [5.74, 6) is -2.08. The molecule has 0 atom stereocenters. The van der Waals surface area contributed by atoms with Crippen LogP contribution >= 0.6 is 11.6 Å². The largest absolute Gasteiger partial charge is 0.314 e. The Morgan fingerprint density at radius 1 is 1.13 bits per heavy atom. The highest BCUT2D eigenvalue weighted by atomic mass is 35.5. The lowest BCUT2D eigenvalue weighted by Crippen LogP contribution is -2.09. The number of nitrogens with zero attached hydrogens (tertiary/aromatic N) is 1. The summed E-state index contributed by atoms with van der Waals surface area (Å²) in [5, 5.41) is 0.707. The molecule has 23 heavy (non-hydrogen) atoms. The zero-order valence-electron chi connectivity index (χ0n) is 11.8. The van der Waals surface area contributed by atoms with Gasteiger partial charge in [0, 0.05) is 28.4 Å². The normalized spacial score (nSPS) is 11.8. The summed E-state index contributed by atoms with van der Waals surface area (Å²) in [6.45, 7) is 0. The Kier molecular flexibility index (Phi) is 3.77. The molecule has 0 saturated carbocycles. The van der Waals surface area contributed by atoms with E-state index in [0.29, 0.717) is 16.2 Å². The van der Waals surface area contributed by atoms with Crippen LogP contribution in [-0.4, -0.2) is 19.2 Å². The average molecular weight is 357 g/mol. The number of fused-ring (bicyclic) bond motifs is 1. The predicted octanol–water partition coefficient (Wildman–Crippen LogP) is 3.93. The lowest BCUT2D eigenvalue weighted by atomic mass is 10.2. The van der Waals surface area contributed by atoms with Crippen LogP contribution in [0.4, 0.5) is 14.5 Å². The number of sulfonamides is 1. The number of aromatic nitrogens is 1. The third kappa shape index (κ3) is 3.16. The van der Waals surface area contributed by atoms with Gasteiger partial charge < -0.3 is 4.57 Å². The fraction of sp³-hybridized carbons (Fsp3) is 0.0667. The van der Waals surface area contributed by atoms with E-state index >= 15 is 0 Å². The summed E-state index contributed by atoms with van der Waals surface area (Å²) in [6.07, 6.45) is 2.44. The molecule has 0 aliphatic rings. The third-order valence-electron chi connectivity index (χ3n) is 3.23. The molecular formula is C15H11ClF2N2O2S. The van der Waals surface area contributed by atoms with Crippen molar-refractivity contribution in [3.63, 3.8) is 0 Å². The summed E-state index contributed by atoms with van der Waals surface area (Å²) in [7, 11) is -3.57. The van der Waals surface area contributed by atoms with E-state index in [9.17, 15) is 17.2 Å². The van der Waals surface area contributed by atoms with Crippen LogP contribution in [0.15, 0.2) is 42.6 Å². The van der Waals surface area contributed by atoms with Crippen LogP contribution in [0.3, 0.4) is 0 Å². The molecular weight excluding hydrogens is 346 g/mol. The molecule has 0 unspecified atom stereocenters. The van der Waals surface area contributed by atoms with Crippen molar-refractivity contribution in [3.05, 3.63) is 59.3 Å². The van der Waals surface area contributed by atoms with Gasteiger partial charge in [-0.3, -0.25) is 4.72 Å². The molecule has 0 saturated heterocycles. The van der Waals surface area contributed by atoms with Crippen LogP contribution in [-0.2, 0) is 10.0 Å². The SMILES string of the molecule is CS(=O)(=O)Nc1cn(-c2cccc(Cl)c2)c2cc(F)c(F)cc12. The summed E-state index contributed by atoms with van der Waals surface area (Å²) < 4.78 is 54.0. The predicted molar refractivity (Wildman–Crippen MR) is 86.7 cm³/mol. The van der Waals surface area contributed by atoms with Crippen LogP contribution < -0.4 is 4.72 Å². The Bertz CT molecular complexity index is 1020. The van der Waals surface area contributed by atoms with Gasteiger partial charge in [0.15, 0.2) is 11.6 Å². The molecule has 4 nitrogen and oxygen atoms in total. The zero-order valence-corrected chi connectivity index (χ0v) is 13.4. The van der Waals surface area contributed by atoms with Crippen LogP contribution in [0, 0.1) is 11.6 Å². The minimum absolute atomic E-state index is 0.154. The molecule has 1 N–H and O–H groups in total. The van der Waals surface area contributed by atoms with E-state index < -0.39 is 21.7 Å². The highest BCUT2D eigenvalue weighted by molar-refractivity contribution is 7.92. The number of nitrogens with one attached hydrogen (secondary N) is 1. The Morgan fingerprint density at radius 2 is 1.83 bits per heavy atom. The van der Waals surface area contributed by atoms with Gasteiger partial charge in [-0.1, -0.05) is 17.7 Å². The van der Waals surface area contributed by atoms with Gasteiger partial charge >= 0.3 is 0 Å². The Labute approximate surface area is 136 Å². The monoisotopic (exact) mass is 356 g/mol. The summed E-state index contributed by atoms with van der Waals surface area (Å²) in [5.41, 5.74) is 1.06. The zero-order chi connectivity index (χ0) is 16.8. The van der Waals surface area contributed by atoms with E-state index in [1.54, 1.807) is 24.3 Å². The van der Waals surface area contributed by atoms with E-state index in [4.69, 9.17) is 11.6 Å². The highest BCUT2D eigenvalue weighted by Crippen LogP contribution is 2.31. The number of anilines is 1. The van der Waals surface area contributed by atoms with Gasteiger partial charge in [0.1, 0.15) is 0 Å². The first-order valence-electron chi connectivity index (χ1n) is 6.48. The number of hydrogen-bond acceptors (Lipinski definition) is 2. The molecule has 1 aromatic heterocycles. The molecule has 0 bridgehead atoms. The maximum absolute atomic E-state index is 13.6. The molecule has 1 heterocycles. The first-order chi connectivity index (χ1) is 10.7. The minimum Gasteiger partial charge on any atom is -0.314 e. The molecule has 3 aromatic rings. The van der Waals surface area contributed by atoms with E-state index in [1.165, 1.54) is 10.8 Å². The number of hydrogen-bond donors (Lipinski definition) is 1. The van der Waals surface area contributed by atoms with Gasteiger partial charge in [0.05, 0.1) is 17.5 Å². The summed E-state index contributed by atoms with van der Waals surface area (Å²) >= 11 is 5.96. The molecule has 0 radical (unpaired) electrons. The average Bonchev–Trinajstić information content (AvgIpc) is 2.76. The number of halogens is 3. The second-order valence-corrected chi connectivity index (χ2v) is 7.24.